The molecule has 0 N–H and O–H groups in total. The molecule has 5 nitrogen and oxygen atoms in total. The summed E-state index contributed by atoms with van der Waals surface area (Å²) in [5.41, 5.74) is 1.55. The lowest BCUT2D eigenvalue weighted by molar-refractivity contribution is -0.385. The van der Waals surface area contributed by atoms with Crippen LogP contribution in [0.1, 0.15) is 5.56 Å². The summed E-state index contributed by atoms with van der Waals surface area (Å²) in [4.78, 5) is 10.5. The number of alkyl halides is 2. The third kappa shape index (κ3) is 2.37. The van der Waals surface area contributed by atoms with Crippen LogP contribution in [-0.2, 0) is 0 Å². The molecule has 0 aliphatic carbocycles. The number of nitro benzene ring substituents is 1. The maximum Gasteiger partial charge on any atom is 0.586 e. The summed E-state index contributed by atoms with van der Waals surface area (Å²) in [7, 11) is 0. The fourth-order valence-corrected chi connectivity index (χ4v) is 2.11. The second-order valence-electron chi connectivity index (χ2n) is 4.59. The molecule has 1 aliphatic rings. The standard InChI is InChI=1S/C14H9F2NO4/c1-8-2-3-9(6-11(8)17(18)19)10-4-5-12-13(7-10)21-14(15,16)20-12/h2-7H,1H3. The largest absolute Gasteiger partial charge is 0.586 e. The van der Waals surface area contributed by atoms with Crippen LogP contribution in [0.25, 0.3) is 11.1 Å². The van der Waals surface area contributed by atoms with Gasteiger partial charge in [0.05, 0.1) is 4.92 Å². The van der Waals surface area contributed by atoms with E-state index in [-0.39, 0.29) is 17.2 Å². The third-order valence-corrected chi connectivity index (χ3v) is 3.14. The van der Waals surface area contributed by atoms with Gasteiger partial charge in [-0.1, -0.05) is 18.2 Å². The molecule has 0 atom stereocenters. The first kappa shape index (κ1) is 13.3. The van der Waals surface area contributed by atoms with Crippen molar-refractivity contribution in [1.29, 1.82) is 0 Å². The Hall–Kier alpha value is -2.70. The van der Waals surface area contributed by atoms with E-state index in [1.165, 1.54) is 24.3 Å². The molecule has 108 valence electrons. The maximum absolute atomic E-state index is 13.0. The number of rotatable bonds is 2. The second-order valence-corrected chi connectivity index (χ2v) is 4.59. The van der Waals surface area contributed by atoms with Gasteiger partial charge in [0.2, 0.25) is 0 Å². The number of nitrogens with zero attached hydrogens (tertiary/aromatic N) is 1. The Balaban J connectivity index is 2.03. The molecule has 3 rings (SSSR count). The van der Waals surface area contributed by atoms with Crippen LogP contribution in [0.4, 0.5) is 14.5 Å². The van der Waals surface area contributed by atoms with Gasteiger partial charge in [0.15, 0.2) is 11.5 Å². The van der Waals surface area contributed by atoms with Gasteiger partial charge < -0.3 is 9.47 Å². The van der Waals surface area contributed by atoms with E-state index in [0.29, 0.717) is 16.7 Å². The predicted octanol–water partition coefficient (Wildman–Crippen LogP) is 3.89. The van der Waals surface area contributed by atoms with Crippen LogP contribution in [0.5, 0.6) is 11.5 Å². The summed E-state index contributed by atoms with van der Waals surface area (Å²) in [5.74, 6) is -0.161. The summed E-state index contributed by atoms with van der Waals surface area (Å²) >= 11 is 0. The van der Waals surface area contributed by atoms with Crippen LogP contribution in [0.15, 0.2) is 36.4 Å². The molecule has 0 saturated carbocycles. The zero-order valence-electron chi connectivity index (χ0n) is 10.8. The molecule has 0 radical (unpaired) electrons. The molecular formula is C14H9F2NO4. The Morgan fingerprint density at radius 1 is 1.05 bits per heavy atom. The normalized spacial score (nSPS) is 15.0. The van der Waals surface area contributed by atoms with E-state index in [2.05, 4.69) is 9.47 Å². The van der Waals surface area contributed by atoms with Gasteiger partial charge >= 0.3 is 6.29 Å². The molecule has 0 saturated heterocycles. The monoisotopic (exact) mass is 293 g/mol. The van der Waals surface area contributed by atoms with Crippen LogP contribution >= 0.6 is 0 Å². The number of benzene rings is 2. The van der Waals surface area contributed by atoms with Crippen molar-refractivity contribution < 1.29 is 23.2 Å². The fourth-order valence-electron chi connectivity index (χ4n) is 2.11. The molecule has 0 spiro atoms. The Kier molecular flexibility index (Phi) is 2.79. The molecule has 0 fully saturated rings. The third-order valence-electron chi connectivity index (χ3n) is 3.14. The minimum atomic E-state index is -3.68. The van der Waals surface area contributed by atoms with Crippen molar-refractivity contribution in [3.05, 3.63) is 52.1 Å². The van der Waals surface area contributed by atoms with Gasteiger partial charge in [-0.15, -0.1) is 8.78 Å². The zero-order valence-corrected chi connectivity index (χ0v) is 10.8. The summed E-state index contributed by atoms with van der Waals surface area (Å²) in [5, 5.41) is 10.9. The topological polar surface area (TPSA) is 61.6 Å². The number of aryl methyl sites for hydroxylation is 1. The Morgan fingerprint density at radius 2 is 1.67 bits per heavy atom. The van der Waals surface area contributed by atoms with E-state index in [1.54, 1.807) is 19.1 Å². The van der Waals surface area contributed by atoms with E-state index in [4.69, 9.17) is 0 Å². The number of halogens is 2. The molecule has 1 aliphatic heterocycles. The Labute approximate surface area is 117 Å². The first-order chi connectivity index (χ1) is 9.85. The number of nitro groups is 1. The van der Waals surface area contributed by atoms with Crippen molar-refractivity contribution in [2.24, 2.45) is 0 Å². The molecule has 0 unspecified atom stereocenters. The van der Waals surface area contributed by atoms with Crippen LogP contribution in [0.2, 0.25) is 0 Å². The lowest BCUT2D eigenvalue weighted by atomic mass is 10.0. The van der Waals surface area contributed by atoms with Gasteiger partial charge in [-0.05, 0) is 30.2 Å². The maximum atomic E-state index is 13.0. The first-order valence-corrected chi connectivity index (χ1v) is 6.01. The number of hydrogen-bond donors (Lipinski definition) is 0. The predicted molar refractivity (Wildman–Crippen MR) is 69.5 cm³/mol. The average Bonchev–Trinajstić information content (AvgIpc) is 2.71. The SMILES string of the molecule is Cc1ccc(-c2ccc3c(c2)OC(F)(F)O3)cc1[N+](=O)[O-]. The van der Waals surface area contributed by atoms with Crippen molar-refractivity contribution >= 4 is 5.69 Å². The minimum Gasteiger partial charge on any atom is -0.395 e. The van der Waals surface area contributed by atoms with Gasteiger partial charge in [-0.25, -0.2) is 0 Å². The molecule has 0 bridgehead atoms. The van der Waals surface area contributed by atoms with Crippen LogP contribution in [0.3, 0.4) is 0 Å². The van der Waals surface area contributed by atoms with Gasteiger partial charge in [0.1, 0.15) is 0 Å². The Morgan fingerprint density at radius 3 is 2.38 bits per heavy atom. The minimum absolute atomic E-state index is 0.0319. The number of ether oxygens (including phenoxy) is 2. The van der Waals surface area contributed by atoms with Crippen molar-refractivity contribution in [2.45, 2.75) is 13.2 Å². The van der Waals surface area contributed by atoms with E-state index in [9.17, 15) is 18.9 Å². The molecule has 0 amide bonds. The highest BCUT2D eigenvalue weighted by Gasteiger charge is 2.43. The highest BCUT2D eigenvalue weighted by molar-refractivity contribution is 5.70. The second kappa shape index (κ2) is 4.41. The van der Waals surface area contributed by atoms with E-state index >= 15 is 0 Å². The van der Waals surface area contributed by atoms with Crippen LogP contribution in [0, 0.1) is 17.0 Å². The molecule has 1 heterocycles. The summed E-state index contributed by atoms with van der Waals surface area (Å²) in [6.45, 7) is 1.63. The van der Waals surface area contributed by atoms with Crippen molar-refractivity contribution in [3.63, 3.8) is 0 Å². The lowest BCUT2D eigenvalue weighted by Gasteiger charge is -2.05. The van der Waals surface area contributed by atoms with Gasteiger partial charge in [0, 0.05) is 11.6 Å². The molecule has 7 heteroatoms. The summed E-state index contributed by atoms with van der Waals surface area (Å²) < 4.78 is 34.6. The lowest BCUT2D eigenvalue weighted by Crippen LogP contribution is -2.25. The molecule has 2 aromatic carbocycles. The van der Waals surface area contributed by atoms with Crippen molar-refractivity contribution in [3.8, 4) is 22.6 Å². The van der Waals surface area contributed by atoms with E-state index in [1.807, 2.05) is 0 Å². The molecule has 2 aromatic rings. The van der Waals surface area contributed by atoms with E-state index in [0.717, 1.165) is 0 Å². The van der Waals surface area contributed by atoms with Crippen LogP contribution in [-0.4, -0.2) is 11.2 Å². The first-order valence-electron chi connectivity index (χ1n) is 6.01. The van der Waals surface area contributed by atoms with Crippen molar-refractivity contribution in [1.82, 2.24) is 0 Å². The smallest absolute Gasteiger partial charge is 0.395 e. The Bertz CT molecular complexity index is 746. The molecular weight excluding hydrogens is 284 g/mol. The zero-order chi connectivity index (χ0) is 15.2. The fraction of sp³-hybridized carbons (Fsp3) is 0.143. The summed E-state index contributed by atoms with van der Waals surface area (Å²) in [6, 6.07) is 8.93. The number of hydrogen-bond acceptors (Lipinski definition) is 4. The number of fused-ring (bicyclic) bond motifs is 1. The quantitative estimate of drug-likeness (QED) is 0.622. The van der Waals surface area contributed by atoms with Gasteiger partial charge in [-0.3, -0.25) is 10.1 Å². The molecule has 0 aromatic heterocycles. The summed E-state index contributed by atoms with van der Waals surface area (Å²) in [6.07, 6.45) is -3.68. The van der Waals surface area contributed by atoms with Gasteiger partial charge in [-0.2, -0.15) is 0 Å². The van der Waals surface area contributed by atoms with Crippen LogP contribution < -0.4 is 9.47 Å². The van der Waals surface area contributed by atoms with E-state index < -0.39 is 11.2 Å². The average molecular weight is 293 g/mol. The highest BCUT2D eigenvalue weighted by atomic mass is 19.3. The molecule has 21 heavy (non-hydrogen) atoms. The van der Waals surface area contributed by atoms with Crippen molar-refractivity contribution in [2.75, 3.05) is 0 Å². The van der Waals surface area contributed by atoms with Gasteiger partial charge in [0.25, 0.3) is 5.69 Å². The highest BCUT2D eigenvalue weighted by Crippen LogP contribution is 2.43.